The van der Waals surface area contributed by atoms with Crippen molar-refractivity contribution in [3.8, 4) is 0 Å². The Labute approximate surface area is 132 Å². The van der Waals surface area contributed by atoms with E-state index in [1.54, 1.807) is 0 Å². The fourth-order valence-corrected chi connectivity index (χ4v) is 3.56. The fourth-order valence-electron chi connectivity index (χ4n) is 3.56. The van der Waals surface area contributed by atoms with Gasteiger partial charge in [-0.15, -0.1) is 0 Å². The van der Waals surface area contributed by atoms with Gasteiger partial charge in [0.1, 0.15) is 5.60 Å². The number of carbonyl (C=O) groups excluding carboxylic acids is 1. The molecule has 0 N–H and O–H groups in total. The normalized spacial score (nSPS) is 30.4. The van der Waals surface area contributed by atoms with Crippen molar-refractivity contribution in [2.24, 2.45) is 11.8 Å². The molecule has 0 unspecified atom stereocenters. The molecule has 0 spiro atoms. The molecule has 0 aromatic heterocycles. The number of rotatable bonds is 2. The van der Waals surface area contributed by atoms with E-state index in [4.69, 9.17) is 4.74 Å². The van der Waals surface area contributed by atoms with Gasteiger partial charge in [-0.3, -0.25) is 0 Å². The third kappa shape index (κ3) is 3.01. The second kappa shape index (κ2) is 5.75. The molecule has 2 nitrogen and oxygen atoms in total. The summed E-state index contributed by atoms with van der Waals surface area (Å²) in [5.41, 5.74) is 2.55. The highest BCUT2D eigenvalue weighted by Crippen LogP contribution is 2.40. The molecule has 3 atom stereocenters. The van der Waals surface area contributed by atoms with E-state index in [9.17, 15) is 4.79 Å². The number of fused-ring (bicyclic) bond motifs is 1. The lowest BCUT2D eigenvalue weighted by atomic mass is 9.73. The van der Waals surface area contributed by atoms with E-state index in [0.29, 0.717) is 17.4 Å². The highest BCUT2D eigenvalue weighted by molar-refractivity contribution is 5.91. The van der Waals surface area contributed by atoms with Gasteiger partial charge in [0.25, 0.3) is 0 Å². The number of hydrogen-bond donors (Lipinski definition) is 0. The van der Waals surface area contributed by atoms with E-state index in [1.807, 2.05) is 38.1 Å². The minimum Gasteiger partial charge on any atom is -0.451 e. The second-order valence-electron chi connectivity index (χ2n) is 6.97. The first-order valence-corrected chi connectivity index (χ1v) is 8.17. The highest BCUT2D eigenvalue weighted by Gasteiger charge is 2.35. The van der Waals surface area contributed by atoms with Gasteiger partial charge in [0, 0.05) is 0 Å². The lowest BCUT2D eigenvalue weighted by Crippen LogP contribution is -2.36. The molecule has 0 radical (unpaired) electrons. The van der Waals surface area contributed by atoms with Crippen LogP contribution in [0.1, 0.15) is 49.0 Å². The summed E-state index contributed by atoms with van der Waals surface area (Å²) < 4.78 is 5.87. The minimum absolute atomic E-state index is 0.221. The molecule has 0 fully saturated rings. The van der Waals surface area contributed by atoms with Crippen molar-refractivity contribution in [1.29, 1.82) is 0 Å². The standard InChI is InChI=1S/C20H24O2/c1-14-8-9-17-13-20(3,11-10-16(17)12-14)22-19(21)18-7-5-4-6-15(18)2/h4-7,10-12,14,17H,8-9,13H2,1-3H3/t14-,17+,20-/m1/s1. The quantitative estimate of drug-likeness (QED) is 0.730. The van der Waals surface area contributed by atoms with Crippen LogP contribution in [0.2, 0.25) is 0 Å². The predicted octanol–water partition coefficient (Wildman–Crippen LogP) is 4.84. The summed E-state index contributed by atoms with van der Waals surface area (Å²) in [5.74, 6) is 0.965. The van der Waals surface area contributed by atoms with Crippen molar-refractivity contribution >= 4 is 5.97 Å². The summed E-state index contributed by atoms with van der Waals surface area (Å²) in [6.07, 6.45) is 9.89. The van der Waals surface area contributed by atoms with E-state index in [1.165, 1.54) is 18.4 Å². The van der Waals surface area contributed by atoms with Crippen LogP contribution < -0.4 is 0 Å². The molecular weight excluding hydrogens is 272 g/mol. The van der Waals surface area contributed by atoms with Crippen LogP contribution in [0.3, 0.4) is 0 Å². The monoisotopic (exact) mass is 296 g/mol. The van der Waals surface area contributed by atoms with Crippen molar-refractivity contribution < 1.29 is 9.53 Å². The largest absolute Gasteiger partial charge is 0.451 e. The smallest absolute Gasteiger partial charge is 0.339 e. The van der Waals surface area contributed by atoms with E-state index in [0.717, 1.165) is 12.0 Å². The summed E-state index contributed by atoms with van der Waals surface area (Å²) in [7, 11) is 0. The first-order chi connectivity index (χ1) is 10.5. The van der Waals surface area contributed by atoms with Gasteiger partial charge in [0.15, 0.2) is 0 Å². The Balaban J connectivity index is 1.78. The van der Waals surface area contributed by atoms with Gasteiger partial charge in [-0.2, -0.15) is 0 Å². The van der Waals surface area contributed by atoms with Crippen LogP contribution in [0.4, 0.5) is 0 Å². The first kappa shape index (κ1) is 15.1. The molecule has 0 amide bonds. The maximum atomic E-state index is 12.5. The van der Waals surface area contributed by atoms with Crippen LogP contribution in [0.5, 0.6) is 0 Å². The van der Waals surface area contributed by atoms with Crippen molar-refractivity contribution in [2.75, 3.05) is 0 Å². The molecule has 22 heavy (non-hydrogen) atoms. The molecule has 2 heteroatoms. The third-order valence-corrected chi connectivity index (χ3v) is 4.89. The number of allylic oxidation sites excluding steroid dienone is 3. The molecule has 1 aromatic rings. The number of hydrogen-bond acceptors (Lipinski definition) is 2. The second-order valence-corrected chi connectivity index (χ2v) is 6.97. The van der Waals surface area contributed by atoms with Gasteiger partial charge in [-0.05, 0) is 68.2 Å². The van der Waals surface area contributed by atoms with Gasteiger partial charge >= 0.3 is 5.97 Å². The average molecular weight is 296 g/mol. The number of esters is 1. The lowest BCUT2D eigenvalue weighted by molar-refractivity contribution is 0.00109. The molecule has 0 saturated heterocycles. The zero-order chi connectivity index (χ0) is 15.7. The Hall–Kier alpha value is -1.83. The molecule has 116 valence electrons. The van der Waals surface area contributed by atoms with Crippen LogP contribution in [0, 0.1) is 18.8 Å². The summed E-state index contributed by atoms with van der Waals surface area (Å²) >= 11 is 0. The maximum Gasteiger partial charge on any atom is 0.339 e. The Morgan fingerprint density at radius 3 is 2.82 bits per heavy atom. The summed E-state index contributed by atoms with van der Waals surface area (Å²) in [5, 5.41) is 0. The molecule has 2 aliphatic rings. The number of ether oxygens (including phenoxy) is 1. The Bertz CT molecular complexity index is 641. The van der Waals surface area contributed by atoms with Crippen molar-refractivity contribution in [2.45, 2.75) is 45.6 Å². The SMILES string of the molecule is Cc1ccccc1C(=O)O[C@]1(C)C=CC2=C[C@H](C)CC[C@H]2C1. The van der Waals surface area contributed by atoms with Crippen LogP contribution in [0.15, 0.2) is 48.1 Å². The topological polar surface area (TPSA) is 26.3 Å². The molecule has 1 aromatic carbocycles. The number of aryl methyl sites for hydroxylation is 1. The van der Waals surface area contributed by atoms with E-state index in [-0.39, 0.29) is 5.97 Å². The number of benzene rings is 1. The van der Waals surface area contributed by atoms with Crippen LogP contribution >= 0.6 is 0 Å². The number of carbonyl (C=O) groups is 1. The summed E-state index contributed by atoms with van der Waals surface area (Å²) in [6.45, 7) is 6.23. The van der Waals surface area contributed by atoms with E-state index < -0.39 is 5.60 Å². The zero-order valence-electron chi connectivity index (χ0n) is 13.6. The third-order valence-electron chi connectivity index (χ3n) is 4.89. The van der Waals surface area contributed by atoms with E-state index in [2.05, 4.69) is 25.2 Å². The summed E-state index contributed by atoms with van der Waals surface area (Å²) in [6, 6.07) is 7.60. The fraction of sp³-hybridized carbons (Fsp3) is 0.450. The van der Waals surface area contributed by atoms with Crippen LogP contribution in [0.25, 0.3) is 0 Å². The van der Waals surface area contributed by atoms with Gasteiger partial charge in [0.05, 0.1) is 5.56 Å². The van der Waals surface area contributed by atoms with Crippen molar-refractivity contribution in [1.82, 2.24) is 0 Å². The molecular formula is C20H24O2. The van der Waals surface area contributed by atoms with Gasteiger partial charge in [-0.1, -0.05) is 37.3 Å². The molecule has 0 bridgehead atoms. The zero-order valence-corrected chi connectivity index (χ0v) is 13.6. The van der Waals surface area contributed by atoms with Crippen molar-refractivity contribution in [3.63, 3.8) is 0 Å². The van der Waals surface area contributed by atoms with Gasteiger partial charge in [-0.25, -0.2) is 4.79 Å². The molecule has 0 aliphatic heterocycles. The Kier molecular flexibility index (Phi) is 3.94. The van der Waals surface area contributed by atoms with Crippen LogP contribution in [-0.2, 0) is 4.74 Å². The lowest BCUT2D eigenvalue weighted by Gasteiger charge is -2.37. The summed E-state index contributed by atoms with van der Waals surface area (Å²) in [4.78, 5) is 12.5. The minimum atomic E-state index is -0.498. The maximum absolute atomic E-state index is 12.5. The first-order valence-electron chi connectivity index (χ1n) is 8.17. The molecule has 0 heterocycles. The van der Waals surface area contributed by atoms with Gasteiger partial charge < -0.3 is 4.74 Å². The Morgan fingerprint density at radius 1 is 1.27 bits per heavy atom. The predicted molar refractivity (Wildman–Crippen MR) is 88.7 cm³/mol. The highest BCUT2D eigenvalue weighted by atomic mass is 16.6. The van der Waals surface area contributed by atoms with Crippen molar-refractivity contribution in [3.05, 3.63) is 59.2 Å². The molecule has 2 aliphatic carbocycles. The molecule has 3 rings (SSSR count). The molecule has 0 saturated carbocycles. The average Bonchev–Trinajstić information content (AvgIpc) is 2.48. The Morgan fingerprint density at radius 2 is 2.05 bits per heavy atom. The van der Waals surface area contributed by atoms with Crippen LogP contribution in [-0.4, -0.2) is 11.6 Å². The van der Waals surface area contributed by atoms with E-state index >= 15 is 0 Å². The van der Waals surface area contributed by atoms with Gasteiger partial charge in [0.2, 0.25) is 0 Å².